The van der Waals surface area contributed by atoms with E-state index in [1.807, 2.05) is 0 Å². The van der Waals surface area contributed by atoms with Crippen LogP contribution in [0.25, 0.3) is 0 Å². The van der Waals surface area contributed by atoms with E-state index in [0.29, 0.717) is 17.2 Å². The molecule has 0 aliphatic heterocycles. The first kappa shape index (κ1) is 16.8. The number of hydrogen-bond acceptors (Lipinski definition) is 3. The molecule has 0 radical (unpaired) electrons. The van der Waals surface area contributed by atoms with Gasteiger partial charge in [-0.3, -0.25) is 0 Å². The molecule has 1 rings (SSSR count). The number of methoxy groups -OCH3 is 3. The Bertz CT molecular complexity index is 280. The fraction of sp³-hybridized carbons (Fsp3) is 0.300. The second kappa shape index (κ2) is 7.66. The van der Waals surface area contributed by atoms with Crippen LogP contribution in [0.5, 0.6) is 17.2 Å². The van der Waals surface area contributed by atoms with Gasteiger partial charge in [0.15, 0.2) is 5.75 Å². The number of rotatable bonds is 3. The molecule has 0 spiro atoms. The van der Waals surface area contributed by atoms with E-state index in [4.69, 9.17) is 14.2 Å². The van der Waals surface area contributed by atoms with E-state index in [2.05, 4.69) is 6.92 Å². The molecule has 0 heterocycles. The SMILES string of the molecule is Cl.[CH2-]c1cc(OC)c(OC)c(OC)c1.[Zn]. The number of halogens is 1. The Hall–Kier alpha value is -0.597. The standard InChI is InChI=1S/C10H13O3.ClH.Zn/c1-7-5-8(11-2)10(13-4)9(6-7)12-3;;/h5-6H,1H2,2-4H3;1H;/q-1;;. The van der Waals surface area contributed by atoms with Gasteiger partial charge in [-0.1, -0.05) is 0 Å². The molecule has 0 fully saturated rings. The zero-order valence-electron chi connectivity index (χ0n) is 9.20. The molecule has 0 saturated heterocycles. The molecule has 1 aromatic carbocycles. The summed E-state index contributed by atoms with van der Waals surface area (Å²) >= 11 is 0. The zero-order chi connectivity index (χ0) is 9.84. The van der Waals surface area contributed by atoms with E-state index in [-0.39, 0.29) is 31.9 Å². The van der Waals surface area contributed by atoms with Crippen molar-refractivity contribution in [2.75, 3.05) is 21.3 Å². The fourth-order valence-corrected chi connectivity index (χ4v) is 1.14. The summed E-state index contributed by atoms with van der Waals surface area (Å²) in [5.41, 5.74) is 0.828. The Balaban J connectivity index is 0. The van der Waals surface area contributed by atoms with Crippen LogP contribution in [-0.2, 0) is 19.5 Å². The van der Waals surface area contributed by atoms with Crippen molar-refractivity contribution in [2.24, 2.45) is 0 Å². The third-order valence-corrected chi connectivity index (χ3v) is 1.72. The van der Waals surface area contributed by atoms with Gasteiger partial charge in [-0.2, -0.15) is 12.5 Å². The number of ether oxygens (including phenoxy) is 3. The van der Waals surface area contributed by atoms with Crippen LogP contribution < -0.4 is 14.2 Å². The molecule has 0 aromatic heterocycles. The molecule has 1 aromatic rings. The summed E-state index contributed by atoms with van der Waals surface area (Å²) in [4.78, 5) is 0. The van der Waals surface area contributed by atoms with E-state index >= 15 is 0 Å². The first-order valence-corrected chi connectivity index (χ1v) is 3.85. The smallest absolute Gasteiger partial charge is 0.177 e. The van der Waals surface area contributed by atoms with E-state index in [0.717, 1.165) is 5.56 Å². The third kappa shape index (κ3) is 3.80. The Morgan fingerprint density at radius 2 is 1.33 bits per heavy atom. The average Bonchev–Trinajstić information content (AvgIpc) is 2.16. The summed E-state index contributed by atoms with van der Waals surface area (Å²) in [6.45, 7) is 3.80. The van der Waals surface area contributed by atoms with E-state index in [9.17, 15) is 0 Å². The van der Waals surface area contributed by atoms with E-state index < -0.39 is 0 Å². The van der Waals surface area contributed by atoms with Gasteiger partial charge in [0.1, 0.15) is 11.5 Å². The van der Waals surface area contributed by atoms with Gasteiger partial charge < -0.3 is 14.2 Å². The van der Waals surface area contributed by atoms with Gasteiger partial charge in [-0.15, -0.1) is 24.5 Å². The van der Waals surface area contributed by atoms with Crippen LogP contribution >= 0.6 is 12.4 Å². The first-order chi connectivity index (χ1) is 6.22. The molecule has 3 nitrogen and oxygen atoms in total. The maximum Gasteiger partial charge on any atom is 0.177 e. The molecule has 0 bridgehead atoms. The Morgan fingerprint density at radius 3 is 1.60 bits per heavy atom. The maximum absolute atomic E-state index is 5.14. The van der Waals surface area contributed by atoms with Crippen molar-refractivity contribution in [2.45, 2.75) is 0 Å². The minimum absolute atomic E-state index is 0. The minimum atomic E-state index is 0. The summed E-state index contributed by atoms with van der Waals surface area (Å²) in [7, 11) is 4.73. The zero-order valence-corrected chi connectivity index (χ0v) is 13.0. The van der Waals surface area contributed by atoms with E-state index in [1.165, 1.54) is 0 Å². The van der Waals surface area contributed by atoms with Crippen LogP contribution in [0.1, 0.15) is 5.56 Å². The van der Waals surface area contributed by atoms with Gasteiger partial charge >= 0.3 is 0 Å². The van der Waals surface area contributed by atoms with Gasteiger partial charge in [0.2, 0.25) is 0 Å². The summed E-state index contributed by atoms with van der Waals surface area (Å²) < 4.78 is 15.4. The average molecular weight is 283 g/mol. The molecule has 0 N–H and O–H groups in total. The van der Waals surface area contributed by atoms with Crippen molar-refractivity contribution in [3.8, 4) is 17.2 Å². The van der Waals surface area contributed by atoms with Crippen LogP contribution in [0.3, 0.4) is 0 Å². The third-order valence-electron chi connectivity index (χ3n) is 1.72. The van der Waals surface area contributed by atoms with E-state index in [1.54, 1.807) is 33.5 Å². The first-order valence-electron chi connectivity index (χ1n) is 3.85. The van der Waals surface area contributed by atoms with Gasteiger partial charge in [0.05, 0.1) is 21.3 Å². The van der Waals surface area contributed by atoms with Crippen molar-refractivity contribution < 1.29 is 33.7 Å². The summed E-state index contributed by atoms with van der Waals surface area (Å²) in [5.74, 6) is 1.86. The molecule has 0 atom stereocenters. The van der Waals surface area contributed by atoms with Crippen LogP contribution in [0.4, 0.5) is 0 Å². The summed E-state index contributed by atoms with van der Waals surface area (Å²) in [6.07, 6.45) is 0. The minimum Gasteiger partial charge on any atom is -0.506 e. The largest absolute Gasteiger partial charge is 0.506 e. The second-order valence-electron chi connectivity index (χ2n) is 2.53. The fourth-order valence-electron chi connectivity index (χ4n) is 1.14. The normalized spacial score (nSPS) is 8.20. The van der Waals surface area contributed by atoms with Crippen molar-refractivity contribution in [1.82, 2.24) is 0 Å². The number of hydrogen-bond donors (Lipinski definition) is 0. The molecule has 0 aliphatic rings. The molecule has 5 heteroatoms. The second-order valence-corrected chi connectivity index (χ2v) is 2.53. The van der Waals surface area contributed by atoms with Crippen LogP contribution in [0.15, 0.2) is 12.1 Å². The molecule has 0 unspecified atom stereocenters. The predicted molar refractivity (Wildman–Crippen MR) is 57.8 cm³/mol. The predicted octanol–water partition coefficient (Wildman–Crippen LogP) is 2.31. The molecule has 15 heavy (non-hydrogen) atoms. The Kier molecular flexibility index (Phi) is 8.59. The Labute approximate surface area is 109 Å². The molecule has 0 aliphatic carbocycles. The molecular formula is C10H14ClO3Zn-. The van der Waals surface area contributed by atoms with Crippen molar-refractivity contribution in [3.05, 3.63) is 24.6 Å². The topological polar surface area (TPSA) is 27.7 Å². The van der Waals surface area contributed by atoms with Crippen LogP contribution in [0, 0.1) is 6.92 Å². The molecular weight excluding hydrogens is 269 g/mol. The van der Waals surface area contributed by atoms with Crippen molar-refractivity contribution in [1.29, 1.82) is 0 Å². The van der Waals surface area contributed by atoms with Crippen LogP contribution in [-0.4, -0.2) is 21.3 Å². The Morgan fingerprint density at radius 1 is 0.933 bits per heavy atom. The van der Waals surface area contributed by atoms with Gasteiger partial charge in [0, 0.05) is 19.5 Å². The van der Waals surface area contributed by atoms with Gasteiger partial charge in [-0.25, -0.2) is 0 Å². The van der Waals surface area contributed by atoms with Crippen molar-refractivity contribution >= 4 is 12.4 Å². The number of benzene rings is 1. The summed E-state index contributed by atoms with van der Waals surface area (Å²) in [5, 5.41) is 0. The summed E-state index contributed by atoms with van der Waals surface area (Å²) in [6, 6.07) is 3.59. The van der Waals surface area contributed by atoms with Crippen LogP contribution in [0.2, 0.25) is 0 Å². The van der Waals surface area contributed by atoms with Gasteiger partial charge in [0.25, 0.3) is 0 Å². The molecule has 82 valence electrons. The quantitative estimate of drug-likeness (QED) is 0.629. The van der Waals surface area contributed by atoms with Crippen molar-refractivity contribution in [3.63, 3.8) is 0 Å². The monoisotopic (exact) mass is 281 g/mol. The maximum atomic E-state index is 5.14. The van der Waals surface area contributed by atoms with Gasteiger partial charge in [-0.05, 0) is 0 Å². The molecule has 0 amide bonds. The molecule has 0 saturated carbocycles.